The predicted molar refractivity (Wildman–Crippen MR) is 88.6 cm³/mol. The maximum atomic E-state index is 12.8. The Morgan fingerprint density at radius 2 is 1.65 bits per heavy atom. The normalized spacial score (nSPS) is 17.7. The highest BCUT2D eigenvalue weighted by molar-refractivity contribution is 6.25. The lowest BCUT2D eigenvalue weighted by Gasteiger charge is -2.16. The summed E-state index contributed by atoms with van der Waals surface area (Å²) in [6.45, 7) is 7.81. The van der Waals surface area contributed by atoms with E-state index in [1.807, 2.05) is 52.0 Å². The molecule has 0 radical (unpaired) electrons. The van der Waals surface area contributed by atoms with Crippen LogP contribution in [0.2, 0.25) is 0 Å². The maximum absolute atomic E-state index is 12.8. The van der Waals surface area contributed by atoms with Crippen LogP contribution in [-0.4, -0.2) is 11.6 Å². The fraction of sp³-hybridized carbons (Fsp3) is 0.300. The van der Waals surface area contributed by atoms with Crippen molar-refractivity contribution in [3.05, 3.63) is 69.7 Å². The van der Waals surface area contributed by atoms with Crippen LogP contribution in [-0.2, 0) is 16.0 Å². The Morgan fingerprint density at radius 3 is 2.22 bits per heavy atom. The van der Waals surface area contributed by atoms with Crippen LogP contribution >= 0.6 is 0 Å². The zero-order valence-electron chi connectivity index (χ0n) is 13.9. The molecule has 118 valence electrons. The molecule has 0 amide bonds. The van der Waals surface area contributed by atoms with Gasteiger partial charge in [0.15, 0.2) is 11.6 Å². The van der Waals surface area contributed by atoms with E-state index in [4.69, 9.17) is 4.42 Å². The number of allylic oxidation sites excluding steroid dienone is 2. The van der Waals surface area contributed by atoms with Gasteiger partial charge >= 0.3 is 0 Å². The van der Waals surface area contributed by atoms with E-state index in [0.29, 0.717) is 17.8 Å². The highest BCUT2D eigenvalue weighted by atomic mass is 16.3. The van der Waals surface area contributed by atoms with Crippen molar-refractivity contribution >= 4 is 11.6 Å². The maximum Gasteiger partial charge on any atom is 0.174 e. The van der Waals surface area contributed by atoms with Crippen molar-refractivity contribution in [1.82, 2.24) is 0 Å². The third kappa shape index (κ3) is 2.79. The van der Waals surface area contributed by atoms with Gasteiger partial charge in [0.25, 0.3) is 0 Å². The van der Waals surface area contributed by atoms with Crippen molar-refractivity contribution in [2.45, 2.75) is 40.0 Å². The van der Waals surface area contributed by atoms with E-state index in [1.54, 1.807) is 0 Å². The van der Waals surface area contributed by atoms with Gasteiger partial charge in [0.2, 0.25) is 0 Å². The molecule has 1 unspecified atom stereocenters. The van der Waals surface area contributed by atoms with Crippen LogP contribution in [0, 0.1) is 27.7 Å². The minimum atomic E-state index is -0.693. The number of Topliss-reactive ketones (excluding diaryl/α,β-unsaturated/α-hetero) is 1. The van der Waals surface area contributed by atoms with Gasteiger partial charge in [-0.1, -0.05) is 17.7 Å². The summed E-state index contributed by atoms with van der Waals surface area (Å²) in [6.07, 6.45) is 1.86. The first-order chi connectivity index (χ1) is 10.9. The summed E-state index contributed by atoms with van der Waals surface area (Å²) in [5.74, 6) is 0.608. The van der Waals surface area contributed by atoms with Gasteiger partial charge in [-0.25, -0.2) is 0 Å². The lowest BCUT2D eigenvalue weighted by Crippen LogP contribution is -2.18. The van der Waals surface area contributed by atoms with Gasteiger partial charge in [-0.05, 0) is 62.6 Å². The van der Waals surface area contributed by atoms with E-state index in [-0.39, 0.29) is 11.6 Å². The van der Waals surface area contributed by atoms with Crippen molar-refractivity contribution in [3.8, 4) is 0 Å². The van der Waals surface area contributed by atoms with Crippen LogP contribution in [0.25, 0.3) is 0 Å². The summed E-state index contributed by atoms with van der Waals surface area (Å²) in [4.78, 5) is 25.2. The van der Waals surface area contributed by atoms with Gasteiger partial charge in [-0.3, -0.25) is 9.59 Å². The quantitative estimate of drug-likeness (QED) is 0.807. The first kappa shape index (κ1) is 15.5. The van der Waals surface area contributed by atoms with Gasteiger partial charge in [0, 0.05) is 12.0 Å². The Bertz CT molecular complexity index is 813. The van der Waals surface area contributed by atoms with Crippen molar-refractivity contribution in [2.75, 3.05) is 0 Å². The average molecular weight is 308 g/mol. The summed E-state index contributed by atoms with van der Waals surface area (Å²) in [6, 6.07) is 7.76. The third-order valence-corrected chi connectivity index (χ3v) is 4.37. The number of benzene rings is 1. The highest BCUT2D eigenvalue weighted by Gasteiger charge is 2.37. The molecule has 3 heteroatoms. The second-order valence-electron chi connectivity index (χ2n) is 6.37. The van der Waals surface area contributed by atoms with Crippen LogP contribution in [0.15, 0.2) is 40.3 Å². The molecule has 0 spiro atoms. The molecule has 0 N–H and O–H groups in total. The van der Waals surface area contributed by atoms with Gasteiger partial charge < -0.3 is 4.42 Å². The molecule has 0 fully saturated rings. The number of hydrogen-bond donors (Lipinski definition) is 0. The molecule has 0 saturated carbocycles. The second-order valence-corrected chi connectivity index (χ2v) is 6.37. The largest absolute Gasteiger partial charge is 0.466 e. The first-order valence-corrected chi connectivity index (χ1v) is 7.78. The molecule has 0 bridgehead atoms. The molecule has 3 nitrogen and oxygen atoms in total. The molecule has 0 saturated heterocycles. The number of ketones is 2. The topological polar surface area (TPSA) is 47.3 Å². The van der Waals surface area contributed by atoms with Crippen molar-refractivity contribution < 1.29 is 14.0 Å². The lowest BCUT2D eigenvalue weighted by molar-refractivity contribution is -0.122. The highest BCUT2D eigenvalue weighted by Crippen LogP contribution is 2.34. The standard InChI is InChI=1S/C20H20O3/c1-11-7-12(2)18(13(3)8-11)19-17(21)10-15(20(19)22)9-16-6-5-14(4)23-16/h5-8,10,19H,9H2,1-4H3. The zero-order chi connectivity index (χ0) is 16.7. The van der Waals surface area contributed by atoms with Crippen LogP contribution in [0.3, 0.4) is 0 Å². The average Bonchev–Trinajstić information content (AvgIpc) is 2.96. The summed E-state index contributed by atoms with van der Waals surface area (Å²) >= 11 is 0. The first-order valence-electron chi connectivity index (χ1n) is 7.78. The Balaban J connectivity index is 1.93. The number of aryl methyl sites for hydroxylation is 4. The molecule has 1 aliphatic carbocycles. The monoisotopic (exact) mass is 308 g/mol. The number of rotatable bonds is 3. The van der Waals surface area contributed by atoms with Crippen LogP contribution in [0.1, 0.15) is 39.7 Å². The number of furan rings is 1. The van der Waals surface area contributed by atoms with Crippen LogP contribution in [0.4, 0.5) is 0 Å². The van der Waals surface area contributed by atoms with E-state index >= 15 is 0 Å². The fourth-order valence-electron chi connectivity index (χ4n) is 3.47. The molecule has 3 rings (SSSR count). The number of hydrogen-bond acceptors (Lipinski definition) is 3. The molecular formula is C20H20O3. The van der Waals surface area contributed by atoms with E-state index in [1.165, 1.54) is 6.08 Å². The van der Waals surface area contributed by atoms with Gasteiger partial charge in [-0.2, -0.15) is 0 Å². The van der Waals surface area contributed by atoms with E-state index in [0.717, 1.165) is 28.0 Å². The Kier molecular flexibility index (Phi) is 3.80. The van der Waals surface area contributed by atoms with Crippen LogP contribution < -0.4 is 0 Å². The number of carbonyl (C=O) groups is 2. The van der Waals surface area contributed by atoms with Crippen molar-refractivity contribution in [3.63, 3.8) is 0 Å². The van der Waals surface area contributed by atoms with E-state index < -0.39 is 5.92 Å². The van der Waals surface area contributed by atoms with E-state index in [2.05, 4.69) is 0 Å². The second kappa shape index (κ2) is 5.65. The molecule has 2 aromatic rings. The lowest BCUT2D eigenvalue weighted by atomic mass is 9.86. The number of carbonyl (C=O) groups excluding carboxylic acids is 2. The zero-order valence-corrected chi connectivity index (χ0v) is 13.9. The predicted octanol–water partition coefficient (Wildman–Crippen LogP) is 3.92. The smallest absolute Gasteiger partial charge is 0.174 e. The molecule has 23 heavy (non-hydrogen) atoms. The third-order valence-electron chi connectivity index (χ3n) is 4.37. The molecule has 0 aliphatic heterocycles. The molecule has 1 aromatic heterocycles. The summed E-state index contributed by atoms with van der Waals surface area (Å²) < 4.78 is 5.53. The Labute approximate surface area is 136 Å². The van der Waals surface area contributed by atoms with E-state index in [9.17, 15) is 9.59 Å². The van der Waals surface area contributed by atoms with Crippen molar-refractivity contribution in [2.24, 2.45) is 0 Å². The summed E-state index contributed by atoms with van der Waals surface area (Å²) in [7, 11) is 0. The van der Waals surface area contributed by atoms with Gasteiger partial charge in [-0.15, -0.1) is 0 Å². The minimum absolute atomic E-state index is 0.0980. The summed E-state index contributed by atoms with van der Waals surface area (Å²) in [5, 5.41) is 0. The Morgan fingerprint density at radius 1 is 1.00 bits per heavy atom. The van der Waals surface area contributed by atoms with Gasteiger partial charge in [0.1, 0.15) is 17.4 Å². The molecule has 1 atom stereocenters. The molecule has 1 aromatic carbocycles. The molecule has 1 aliphatic rings. The SMILES string of the molecule is Cc1cc(C)c(C2C(=O)C=C(Cc3ccc(C)o3)C2=O)c(C)c1. The summed E-state index contributed by atoms with van der Waals surface area (Å²) in [5.41, 5.74) is 4.53. The van der Waals surface area contributed by atoms with Crippen LogP contribution in [0.5, 0.6) is 0 Å². The Hall–Kier alpha value is -2.42. The molecule has 1 heterocycles. The van der Waals surface area contributed by atoms with Gasteiger partial charge in [0.05, 0.1) is 0 Å². The van der Waals surface area contributed by atoms with Crippen molar-refractivity contribution in [1.29, 1.82) is 0 Å². The molecular weight excluding hydrogens is 288 g/mol. The minimum Gasteiger partial charge on any atom is -0.466 e. The fourth-order valence-corrected chi connectivity index (χ4v) is 3.47.